The Balaban J connectivity index is 2.94. The third-order valence-corrected chi connectivity index (χ3v) is 3.02. The van der Waals surface area contributed by atoms with E-state index in [0.717, 1.165) is 0 Å². The van der Waals surface area contributed by atoms with Gasteiger partial charge in [0.05, 0.1) is 7.11 Å². The lowest BCUT2D eigenvalue weighted by Crippen LogP contribution is -2.54. The van der Waals surface area contributed by atoms with E-state index in [-0.39, 0.29) is 6.42 Å². The smallest absolute Gasteiger partial charge is 0.339 e. The quantitative estimate of drug-likeness (QED) is 0.421. The summed E-state index contributed by atoms with van der Waals surface area (Å²) in [6.45, 7) is 2.43. The molecule has 1 fully saturated rings. The number of carbonyl (C=O) groups excluding carboxylic acids is 3. The van der Waals surface area contributed by atoms with E-state index in [9.17, 15) is 14.4 Å². The summed E-state index contributed by atoms with van der Waals surface area (Å²) in [5, 5.41) is -0.507. The SMILES string of the molecule is COC(=O)[C@H]1O[C@H](Br)C[C@@H](OC(C)=O)[C@@H]1OC(C)=O. The number of esters is 3. The van der Waals surface area contributed by atoms with Crippen molar-refractivity contribution >= 4 is 33.8 Å². The van der Waals surface area contributed by atoms with Crippen molar-refractivity contribution in [3.05, 3.63) is 0 Å². The number of hydrogen-bond donors (Lipinski definition) is 0. The number of alkyl halides is 1. The summed E-state index contributed by atoms with van der Waals surface area (Å²) >= 11 is 3.19. The van der Waals surface area contributed by atoms with Gasteiger partial charge in [-0.05, 0) is 0 Å². The minimum absolute atomic E-state index is 0.255. The largest absolute Gasteiger partial charge is 0.467 e. The fourth-order valence-corrected chi connectivity index (χ4v) is 2.37. The molecule has 108 valence electrons. The predicted octanol–water partition coefficient (Wildman–Crippen LogP) is 0.533. The minimum atomic E-state index is -1.14. The molecule has 0 saturated carbocycles. The lowest BCUT2D eigenvalue weighted by Gasteiger charge is -2.37. The van der Waals surface area contributed by atoms with Crippen LogP contribution in [-0.2, 0) is 33.3 Å². The summed E-state index contributed by atoms with van der Waals surface area (Å²) in [6, 6.07) is 0. The normalized spacial score (nSPS) is 30.3. The summed E-state index contributed by atoms with van der Waals surface area (Å²) in [5.74, 6) is -1.84. The fraction of sp³-hybridized carbons (Fsp3) is 0.727. The van der Waals surface area contributed by atoms with Crippen molar-refractivity contribution in [3.8, 4) is 0 Å². The average molecular weight is 339 g/mol. The number of halogens is 1. The van der Waals surface area contributed by atoms with Gasteiger partial charge < -0.3 is 18.9 Å². The van der Waals surface area contributed by atoms with Crippen LogP contribution in [0, 0.1) is 0 Å². The van der Waals surface area contributed by atoms with Crippen LogP contribution in [0.15, 0.2) is 0 Å². The summed E-state index contributed by atoms with van der Waals surface area (Å²) in [4.78, 5) is 33.8. The van der Waals surface area contributed by atoms with Crippen LogP contribution in [0.2, 0.25) is 0 Å². The van der Waals surface area contributed by atoms with Gasteiger partial charge in [0, 0.05) is 20.3 Å². The molecule has 1 saturated heterocycles. The molecule has 1 heterocycles. The van der Waals surface area contributed by atoms with Gasteiger partial charge >= 0.3 is 17.9 Å². The number of carbonyl (C=O) groups is 3. The zero-order chi connectivity index (χ0) is 14.6. The zero-order valence-corrected chi connectivity index (χ0v) is 12.3. The molecule has 19 heavy (non-hydrogen) atoms. The topological polar surface area (TPSA) is 88.1 Å². The van der Waals surface area contributed by atoms with Gasteiger partial charge in [0.15, 0.2) is 12.2 Å². The average Bonchev–Trinajstić information content (AvgIpc) is 2.30. The van der Waals surface area contributed by atoms with E-state index in [0.29, 0.717) is 0 Å². The molecule has 0 bridgehead atoms. The van der Waals surface area contributed by atoms with Crippen LogP contribution in [0.5, 0.6) is 0 Å². The highest BCUT2D eigenvalue weighted by molar-refractivity contribution is 9.09. The van der Waals surface area contributed by atoms with E-state index in [4.69, 9.17) is 14.2 Å². The van der Waals surface area contributed by atoms with Gasteiger partial charge in [-0.15, -0.1) is 0 Å². The molecule has 0 aromatic carbocycles. The monoisotopic (exact) mass is 338 g/mol. The van der Waals surface area contributed by atoms with Crippen LogP contribution < -0.4 is 0 Å². The van der Waals surface area contributed by atoms with Gasteiger partial charge in [0.2, 0.25) is 0 Å². The predicted molar refractivity (Wildman–Crippen MR) is 65.3 cm³/mol. The maximum atomic E-state index is 11.6. The molecule has 0 aromatic rings. The Hall–Kier alpha value is -1.15. The van der Waals surface area contributed by atoms with Crippen LogP contribution in [0.4, 0.5) is 0 Å². The second-order valence-electron chi connectivity index (χ2n) is 3.95. The van der Waals surface area contributed by atoms with Gasteiger partial charge in [-0.3, -0.25) is 9.59 Å². The third kappa shape index (κ3) is 4.46. The molecule has 0 N–H and O–H groups in total. The molecule has 7 nitrogen and oxygen atoms in total. The molecule has 0 unspecified atom stereocenters. The minimum Gasteiger partial charge on any atom is -0.467 e. The molecule has 0 aromatic heterocycles. The fourth-order valence-electron chi connectivity index (χ4n) is 1.77. The maximum Gasteiger partial charge on any atom is 0.339 e. The molecule has 8 heteroatoms. The highest BCUT2D eigenvalue weighted by Crippen LogP contribution is 2.29. The Morgan fingerprint density at radius 3 is 2.21 bits per heavy atom. The number of methoxy groups -OCH3 is 1. The van der Waals surface area contributed by atoms with Crippen LogP contribution in [0.25, 0.3) is 0 Å². The van der Waals surface area contributed by atoms with Crippen molar-refractivity contribution in [1.82, 2.24) is 0 Å². The Bertz CT molecular complexity index is 370. The molecule has 1 aliphatic rings. The summed E-state index contributed by atoms with van der Waals surface area (Å²) in [6.07, 6.45) is -2.69. The van der Waals surface area contributed by atoms with E-state index >= 15 is 0 Å². The molecule has 1 rings (SSSR count). The summed E-state index contributed by atoms with van der Waals surface area (Å²) in [5.41, 5.74) is 0. The Morgan fingerprint density at radius 2 is 1.74 bits per heavy atom. The molecule has 0 radical (unpaired) electrons. The van der Waals surface area contributed by atoms with Crippen LogP contribution in [-0.4, -0.2) is 48.3 Å². The van der Waals surface area contributed by atoms with E-state index in [1.54, 1.807) is 0 Å². The molecular formula is C11H15BrO7. The van der Waals surface area contributed by atoms with Gasteiger partial charge in [0.1, 0.15) is 11.1 Å². The Kier molecular flexibility index (Phi) is 5.74. The first-order valence-corrected chi connectivity index (χ1v) is 6.48. The molecule has 4 atom stereocenters. The van der Waals surface area contributed by atoms with Crippen LogP contribution in [0.1, 0.15) is 20.3 Å². The van der Waals surface area contributed by atoms with Crippen LogP contribution in [0.3, 0.4) is 0 Å². The second-order valence-corrected chi connectivity index (χ2v) is 4.97. The van der Waals surface area contributed by atoms with Gasteiger partial charge in [0.25, 0.3) is 0 Å². The lowest BCUT2D eigenvalue weighted by atomic mass is 10.0. The zero-order valence-electron chi connectivity index (χ0n) is 10.8. The molecule has 0 aliphatic carbocycles. The Morgan fingerprint density at radius 1 is 1.16 bits per heavy atom. The lowest BCUT2D eigenvalue weighted by molar-refractivity contribution is -0.205. The highest BCUT2D eigenvalue weighted by atomic mass is 79.9. The van der Waals surface area contributed by atoms with Gasteiger partial charge in [-0.1, -0.05) is 15.9 Å². The summed E-state index contributed by atoms with van der Waals surface area (Å²) in [7, 11) is 1.19. The van der Waals surface area contributed by atoms with Gasteiger partial charge in [-0.2, -0.15) is 0 Å². The molecule has 1 aliphatic heterocycles. The number of hydrogen-bond acceptors (Lipinski definition) is 7. The molecule has 0 spiro atoms. The van der Waals surface area contributed by atoms with E-state index < -0.39 is 41.2 Å². The van der Waals surface area contributed by atoms with E-state index in [2.05, 4.69) is 20.7 Å². The standard InChI is InChI=1S/C11H15BrO7/c1-5(13)17-7-4-8(12)19-10(11(15)16-3)9(7)18-6(2)14/h7-10H,4H2,1-3H3/t7-,8+,9+,10+/m1/s1. The molecular weight excluding hydrogens is 324 g/mol. The summed E-state index contributed by atoms with van der Waals surface area (Å²) < 4.78 is 20.0. The third-order valence-electron chi connectivity index (χ3n) is 2.43. The molecule has 0 amide bonds. The van der Waals surface area contributed by atoms with Gasteiger partial charge in [-0.25, -0.2) is 4.79 Å². The first-order valence-electron chi connectivity index (χ1n) is 5.57. The Labute approximate surface area is 118 Å². The second kappa shape index (κ2) is 6.85. The van der Waals surface area contributed by atoms with E-state index in [1.807, 2.05) is 0 Å². The van der Waals surface area contributed by atoms with Crippen molar-refractivity contribution in [2.24, 2.45) is 0 Å². The number of ether oxygens (including phenoxy) is 4. The van der Waals surface area contributed by atoms with E-state index in [1.165, 1.54) is 21.0 Å². The van der Waals surface area contributed by atoms with Crippen molar-refractivity contribution < 1.29 is 33.3 Å². The van der Waals surface area contributed by atoms with Crippen molar-refractivity contribution in [2.75, 3.05) is 7.11 Å². The highest BCUT2D eigenvalue weighted by Gasteiger charge is 2.46. The maximum absolute atomic E-state index is 11.6. The van der Waals surface area contributed by atoms with Crippen LogP contribution >= 0.6 is 15.9 Å². The van der Waals surface area contributed by atoms with Crippen molar-refractivity contribution in [2.45, 2.75) is 43.6 Å². The van der Waals surface area contributed by atoms with Crippen molar-refractivity contribution in [3.63, 3.8) is 0 Å². The van der Waals surface area contributed by atoms with Crippen molar-refractivity contribution in [1.29, 1.82) is 0 Å². The first-order chi connectivity index (χ1) is 8.85. The first kappa shape index (κ1) is 15.9. The number of rotatable bonds is 3.